The predicted octanol–water partition coefficient (Wildman–Crippen LogP) is 2.94. The first-order chi connectivity index (χ1) is 8.69. The van der Waals surface area contributed by atoms with E-state index in [1.807, 2.05) is 24.3 Å². The first kappa shape index (κ1) is 12.5. The predicted molar refractivity (Wildman–Crippen MR) is 74.0 cm³/mol. The number of halogens is 1. The largest absolute Gasteiger partial charge is 0.497 e. The number of nitrogens with zero attached hydrogens (tertiary/aromatic N) is 1. The number of anilines is 2. The van der Waals surface area contributed by atoms with Crippen LogP contribution in [-0.4, -0.2) is 12.1 Å². The second kappa shape index (κ2) is 5.60. The quantitative estimate of drug-likeness (QED) is 0.833. The summed E-state index contributed by atoms with van der Waals surface area (Å²) in [4.78, 5) is 3.90. The van der Waals surface area contributed by atoms with Gasteiger partial charge in [-0.15, -0.1) is 0 Å². The molecular weight excluding hydrogens is 250 g/mol. The molecular formula is C13H14ClN3O. The minimum absolute atomic E-state index is 0.418. The zero-order valence-electron chi connectivity index (χ0n) is 9.98. The van der Waals surface area contributed by atoms with E-state index >= 15 is 0 Å². The molecule has 0 fully saturated rings. The molecule has 0 unspecified atom stereocenters. The molecule has 3 N–H and O–H groups in total. The van der Waals surface area contributed by atoms with E-state index < -0.39 is 0 Å². The third-order valence-electron chi connectivity index (χ3n) is 2.54. The molecule has 1 aromatic carbocycles. The second-order valence-electron chi connectivity index (χ2n) is 3.80. The number of nitrogens with one attached hydrogen (secondary N) is 1. The molecule has 4 nitrogen and oxygen atoms in total. The highest BCUT2D eigenvalue weighted by molar-refractivity contribution is 6.29. The number of aromatic nitrogens is 1. The smallest absolute Gasteiger partial charge is 0.131 e. The lowest BCUT2D eigenvalue weighted by atomic mass is 10.2. The van der Waals surface area contributed by atoms with E-state index in [1.54, 1.807) is 19.4 Å². The van der Waals surface area contributed by atoms with Crippen molar-refractivity contribution in [3.8, 4) is 5.75 Å². The number of rotatable bonds is 4. The van der Waals surface area contributed by atoms with Crippen molar-refractivity contribution in [3.05, 3.63) is 47.2 Å². The number of methoxy groups -OCH3 is 1. The molecule has 1 aromatic heterocycles. The lowest BCUT2D eigenvalue weighted by Crippen LogP contribution is -2.03. The van der Waals surface area contributed by atoms with Crippen molar-refractivity contribution in [3.63, 3.8) is 0 Å². The van der Waals surface area contributed by atoms with Gasteiger partial charge < -0.3 is 15.8 Å². The van der Waals surface area contributed by atoms with Gasteiger partial charge in [0.1, 0.15) is 10.9 Å². The van der Waals surface area contributed by atoms with Gasteiger partial charge in [-0.3, -0.25) is 0 Å². The zero-order chi connectivity index (χ0) is 13.0. The minimum atomic E-state index is 0.418. The van der Waals surface area contributed by atoms with Crippen molar-refractivity contribution in [2.45, 2.75) is 6.54 Å². The molecule has 18 heavy (non-hydrogen) atoms. The molecule has 94 valence electrons. The highest BCUT2D eigenvalue weighted by Crippen LogP contribution is 2.21. The molecule has 0 aliphatic rings. The molecule has 0 amide bonds. The highest BCUT2D eigenvalue weighted by Gasteiger charge is 2.01. The summed E-state index contributed by atoms with van der Waals surface area (Å²) in [6, 6.07) is 9.52. The average Bonchev–Trinajstić information content (AvgIpc) is 2.40. The molecule has 2 rings (SSSR count). The van der Waals surface area contributed by atoms with Gasteiger partial charge in [-0.05, 0) is 17.7 Å². The molecule has 0 saturated carbocycles. The van der Waals surface area contributed by atoms with Crippen LogP contribution in [0.5, 0.6) is 5.75 Å². The summed E-state index contributed by atoms with van der Waals surface area (Å²) in [5.74, 6) is 0.838. The Kier molecular flexibility index (Phi) is 3.89. The normalized spacial score (nSPS) is 10.1. The van der Waals surface area contributed by atoms with E-state index in [2.05, 4.69) is 10.3 Å². The van der Waals surface area contributed by atoms with Crippen molar-refractivity contribution >= 4 is 23.0 Å². The van der Waals surface area contributed by atoms with Crippen LogP contribution in [0, 0.1) is 0 Å². The van der Waals surface area contributed by atoms with E-state index in [1.165, 1.54) is 0 Å². The van der Waals surface area contributed by atoms with Crippen LogP contribution in [0.3, 0.4) is 0 Å². The molecule has 0 aliphatic heterocycles. The van der Waals surface area contributed by atoms with Crippen molar-refractivity contribution in [2.75, 3.05) is 18.2 Å². The van der Waals surface area contributed by atoms with Gasteiger partial charge in [-0.25, -0.2) is 4.98 Å². The molecule has 0 aliphatic carbocycles. The van der Waals surface area contributed by atoms with Gasteiger partial charge in [0.15, 0.2) is 0 Å². The van der Waals surface area contributed by atoms with Crippen LogP contribution < -0.4 is 15.8 Å². The van der Waals surface area contributed by atoms with Gasteiger partial charge in [-0.2, -0.15) is 0 Å². The third-order valence-corrected chi connectivity index (χ3v) is 2.75. The van der Waals surface area contributed by atoms with Crippen molar-refractivity contribution in [1.82, 2.24) is 4.98 Å². The maximum atomic E-state index is 5.81. The Morgan fingerprint density at radius 1 is 1.33 bits per heavy atom. The van der Waals surface area contributed by atoms with E-state index in [0.29, 0.717) is 17.4 Å². The molecule has 0 atom stereocenters. The summed E-state index contributed by atoms with van der Waals surface area (Å²) in [6.45, 7) is 0.661. The molecule has 0 saturated heterocycles. The van der Waals surface area contributed by atoms with Crippen LogP contribution in [0.2, 0.25) is 5.15 Å². The Labute approximate surface area is 111 Å². The minimum Gasteiger partial charge on any atom is -0.497 e. The summed E-state index contributed by atoms with van der Waals surface area (Å²) in [5, 5.41) is 3.64. The molecule has 0 spiro atoms. The fourth-order valence-electron chi connectivity index (χ4n) is 1.53. The number of benzene rings is 1. The molecule has 2 aromatic rings. The number of nitrogen functional groups attached to an aromatic ring is 1. The SMILES string of the molecule is COc1ccc(CNc2cc(Cl)ncc2N)cc1. The van der Waals surface area contributed by atoms with E-state index in [9.17, 15) is 0 Å². The summed E-state index contributed by atoms with van der Waals surface area (Å²) in [5.41, 5.74) is 8.28. The Hall–Kier alpha value is -1.94. The second-order valence-corrected chi connectivity index (χ2v) is 4.18. The van der Waals surface area contributed by atoms with Crippen molar-refractivity contribution in [2.24, 2.45) is 0 Å². The maximum absolute atomic E-state index is 5.81. The molecule has 0 bridgehead atoms. The van der Waals surface area contributed by atoms with Crippen molar-refractivity contribution < 1.29 is 4.74 Å². The first-order valence-electron chi connectivity index (χ1n) is 5.47. The number of ether oxygens (including phenoxy) is 1. The Morgan fingerprint density at radius 2 is 2.06 bits per heavy atom. The third kappa shape index (κ3) is 3.05. The summed E-state index contributed by atoms with van der Waals surface area (Å²) in [6.07, 6.45) is 1.54. The lowest BCUT2D eigenvalue weighted by Gasteiger charge is -2.09. The van der Waals surface area contributed by atoms with Gasteiger partial charge in [0, 0.05) is 12.6 Å². The van der Waals surface area contributed by atoms with Gasteiger partial charge in [0.25, 0.3) is 0 Å². The number of nitrogens with two attached hydrogens (primary N) is 1. The van der Waals surface area contributed by atoms with Crippen LogP contribution in [0.4, 0.5) is 11.4 Å². The first-order valence-corrected chi connectivity index (χ1v) is 5.84. The standard InChI is InChI=1S/C13H14ClN3O/c1-18-10-4-2-9(3-5-10)7-16-12-6-13(14)17-8-11(12)15/h2-6,8H,7,15H2,1H3,(H,16,17). The Morgan fingerprint density at radius 3 is 2.72 bits per heavy atom. The summed E-state index contributed by atoms with van der Waals surface area (Å²) >= 11 is 5.81. The average molecular weight is 264 g/mol. The number of hydrogen-bond donors (Lipinski definition) is 2. The fourth-order valence-corrected chi connectivity index (χ4v) is 1.69. The lowest BCUT2D eigenvalue weighted by molar-refractivity contribution is 0.414. The monoisotopic (exact) mass is 263 g/mol. The molecule has 1 heterocycles. The molecule has 5 heteroatoms. The Bertz CT molecular complexity index is 528. The summed E-state index contributed by atoms with van der Waals surface area (Å²) < 4.78 is 5.10. The van der Waals surface area contributed by atoms with Crippen molar-refractivity contribution in [1.29, 1.82) is 0 Å². The van der Waals surface area contributed by atoms with Crippen LogP contribution in [0.15, 0.2) is 36.5 Å². The van der Waals surface area contributed by atoms with Gasteiger partial charge in [0.05, 0.1) is 24.7 Å². The van der Waals surface area contributed by atoms with Gasteiger partial charge in [0.2, 0.25) is 0 Å². The topological polar surface area (TPSA) is 60.2 Å². The molecule has 0 radical (unpaired) electrons. The van der Waals surface area contributed by atoms with E-state index in [4.69, 9.17) is 22.1 Å². The number of pyridine rings is 1. The van der Waals surface area contributed by atoms with Crippen LogP contribution in [0.1, 0.15) is 5.56 Å². The summed E-state index contributed by atoms with van der Waals surface area (Å²) in [7, 11) is 1.65. The van der Waals surface area contributed by atoms with Gasteiger partial charge in [-0.1, -0.05) is 23.7 Å². The van der Waals surface area contributed by atoms with Crippen LogP contribution in [0.25, 0.3) is 0 Å². The van der Waals surface area contributed by atoms with Crippen LogP contribution in [-0.2, 0) is 6.54 Å². The van der Waals surface area contributed by atoms with Crippen LogP contribution >= 0.6 is 11.6 Å². The van der Waals surface area contributed by atoms with E-state index in [0.717, 1.165) is 17.0 Å². The zero-order valence-corrected chi connectivity index (χ0v) is 10.7. The van der Waals surface area contributed by atoms with E-state index in [-0.39, 0.29) is 0 Å². The number of hydrogen-bond acceptors (Lipinski definition) is 4. The Balaban J connectivity index is 2.04. The fraction of sp³-hybridized carbons (Fsp3) is 0.154. The highest BCUT2D eigenvalue weighted by atomic mass is 35.5. The van der Waals surface area contributed by atoms with Gasteiger partial charge >= 0.3 is 0 Å². The maximum Gasteiger partial charge on any atom is 0.131 e.